The van der Waals surface area contributed by atoms with Crippen LogP contribution in [0.3, 0.4) is 0 Å². The first-order valence-corrected chi connectivity index (χ1v) is 4.26. The highest BCUT2D eigenvalue weighted by Crippen LogP contribution is 2.24. The lowest BCUT2D eigenvalue weighted by Gasteiger charge is -1.92. The van der Waals surface area contributed by atoms with Crippen molar-refractivity contribution in [1.82, 2.24) is 0 Å². The number of hydrogen-bond donors (Lipinski definition) is 1. The van der Waals surface area contributed by atoms with Gasteiger partial charge in [0.25, 0.3) is 4.92 Å². The lowest BCUT2D eigenvalue weighted by Crippen LogP contribution is -1.90. The smallest absolute Gasteiger partial charge is 0.241 e. The van der Waals surface area contributed by atoms with Crippen LogP contribution in [0.25, 0.3) is 15.7 Å². The second-order valence-electron chi connectivity index (χ2n) is 3.09. The van der Waals surface area contributed by atoms with Gasteiger partial charge in [0.05, 0.1) is 4.91 Å². The summed E-state index contributed by atoms with van der Waals surface area (Å²) < 4.78 is 0. The van der Waals surface area contributed by atoms with Gasteiger partial charge in [0.2, 0.25) is 5.39 Å². The fraction of sp³-hybridized carbons (Fsp3) is 0. The molecule has 0 unspecified atom stereocenters. The number of diazo groups is 1. The summed E-state index contributed by atoms with van der Waals surface area (Å²) in [7, 11) is 0. The second kappa shape index (κ2) is 3.35. The van der Waals surface area contributed by atoms with Gasteiger partial charge < -0.3 is 0 Å². The molecule has 0 saturated carbocycles. The number of rotatable bonds is 1. The molecule has 5 nitrogen and oxygen atoms in total. The summed E-state index contributed by atoms with van der Waals surface area (Å²) in [5.41, 5.74) is 0.606. The first-order chi connectivity index (χ1) is 7.20. The lowest BCUT2D eigenvalue weighted by molar-refractivity contribution is -0.729. The van der Waals surface area contributed by atoms with Crippen molar-refractivity contribution >= 4 is 22.1 Å². The van der Waals surface area contributed by atoms with Crippen LogP contribution in [0.5, 0.6) is 0 Å². The molecule has 0 aliphatic rings. The predicted molar refractivity (Wildman–Crippen MR) is 53.8 cm³/mol. The highest BCUT2D eigenvalue weighted by Gasteiger charge is 2.13. The third-order valence-corrected chi connectivity index (χ3v) is 2.14. The van der Waals surface area contributed by atoms with E-state index >= 15 is 0 Å². The summed E-state index contributed by atoms with van der Waals surface area (Å²) in [6, 6.07) is 9.68. The van der Waals surface area contributed by atoms with E-state index in [1.54, 1.807) is 30.3 Å². The zero-order valence-electron chi connectivity index (χ0n) is 7.66. The van der Waals surface area contributed by atoms with Crippen LogP contribution >= 0.6 is 0 Å². The fourth-order valence-electron chi connectivity index (χ4n) is 1.40. The molecule has 0 heterocycles. The third-order valence-electron chi connectivity index (χ3n) is 2.14. The van der Waals surface area contributed by atoms with Gasteiger partial charge in [0, 0.05) is 24.3 Å². The molecular weight excluding hydrogens is 194 g/mol. The summed E-state index contributed by atoms with van der Waals surface area (Å²) >= 11 is 0. The molecule has 0 radical (unpaired) electrons. The Morgan fingerprint density at radius 3 is 2.47 bits per heavy atom. The number of hydrogen-bond acceptors (Lipinski definition) is 2. The molecule has 0 bridgehead atoms. The Balaban J connectivity index is 2.66. The van der Waals surface area contributed by atoms with Gasteiger partial charge in [-0.2, -0.15) is 0 Å². The van der Waals surface area contributed by atoms with Crippen LogP contribution in [-0.2, 0) is 0 Å². The van der Waals surface area contributed by atoms with Gasteiger partial charge in [0.1, 0.15) is 0 Å². The van der Waals surface area contributed by atoms with Crippen molar-refractivity contribution in [3.63, 3.8) is 0 Å². The van der Waals surface area contributed by atoms with Crippen molar-refractivity contribution in [3.8, 4) is 0 Å². The van der Waals surface area contributed by atoms with Gasteiger partial charge in [-0.15, -0.1) is 0 Å². The van der Waals surface area contributed by atoms with Crippen LogP contribution in [0.4, 0.5) is 11.4 Å². The van der Waals surface area contributed by atoms with E-state index < -0.39 is 0 Å². The molecule has 0 saturated heterocycles. The van der Waals surface area contributed by atoms with E-state index in [1.165, 1.54) is 6.07 Å². The summed E-state index contributed by atoms with van der Waals surface area (Å²) in [4.78, 5) is 13.5. The van der Waals surface area contributed by atoms with Crippen molar-refractivity contribution in [2.75, 3.05) is 0 Å². The van der Waals surface area contributed by atoms with Gasteiger partial charge in [-0.1, -0.05) is 0 Å². The van der Waals surface area contributed by atoms with Gasteiger partial charge in [-0.05, 0) is 22.9 Å². The Hall–Kier alpha value is -2.48. The largest absolute Gasteiger partial charge is 0.385 e. The molecule has 0 aliphatic carbocycles. The van der Waals surface area contributed by atoms with Gasteiger partial charge in [-0.3, -0.25) is 0 Å². The van der Waals surface area contributed by atoms with Crippen LogP contribution in [0.1, 0.15) is 0 Å². The minimum Gasteiger partial charge on any atom is -0.241 e. The molecule has 15 heavy (non-hydrogen) atoms. The van der Waals surface area contributed by atoms with Crippen LogP contribution < -0.4 is 0 Å². The Bertz CT molecular complexity index is 587. The molecule has 2 rings (SSSR count). The SMILES string of the molecule is N#[N+]c1ccc2cc([N+](=O)O)ccc2c1. The molecule has 0 spiro atoms. The molecule has 0 atom stereocenters. The zero-order valence-corrected chi connectivity index (χ0v) is 7.66. The highest BCUT2D eigenvalue weighted by atomic mass is 16.6. The minimum atomic E-state index is -0.191. The third kappa shape index (κ3) is 1.60. The molecule has 2 aromatic carbocycles. The molecular formula is C10H7N3O2+2. The maximum absolute atomic E-state index is 10.6. The molecule has 0 fully saturated rings. The van der Waals surface area contributed by atoms with Crippen LogP contribution in [0.15, 0.2) is 36.4 Å². The van der Waals surface area contributed by atoms with Crippen molar-refractivity contribution in [2.45, 2.75) is 0 Å². The number of fused-ring (bicyclic) bond motifs is 1. The minimum absolute atomic E-state index is 0.163. The topological polar surface area (TPSA) is 68.5 Å². The maximum atomic E-state index is 10.6. The fourth-order valence-corrected chi connectivity index (χ4v) is 1.40. The van der Waals surface area contributed by atoms with Crippen LogP contribution in [0, 0.1) is 10.3 Å². The van der Waals surface area contributed by atoms with E-state index in [-0.39, 0.29) is 10.6 Å². The monoisotopic (exact) mass is 201 g/mol. The summed E-state index contributed by atoms with van der Waals surface area (Å²) in [5.74, 6) is 0. The van der Waals surface area contributed by atoms with Crippen molar-refractivity contribution in [1.29, 1.82) is 5.39 Å². The lowest BCUT2D eigenvalue weighted by atomic mass is 10.1. The molecule has 0 aromatic heterocycles. The normalized spacial score (nSPS) is 9.80. The molecule has 5 heteroatoms. The first kappa shape index (κ1) is 9.09. The summed E-state index contributed by atoms with van der Waals surface area (Å²) in [6.07, 6.45) is 0. The van der Waals surface area contributed by atoms with Gasteiger partial charge in [-0.25, -0.2) is 5.21 Å². The number of nitrogens with zero attached hydrogens (tertiary/aromatic N) is 3. The Morgan fingerprint density at radius 1 is 1.13 bits per heavy atom. The van der Waals surface area contributed by atoms with Crippen LogP contribution in [-0.4, -0.2) is 10.1 Å². The van der Waals surface area contributed by atoms with Crippen molar-refractivity contribution in [3.05, 3.63) is 46.3 Å². The molecule has 72 valence electrons. The quantitative estimate of drug-likeness (QED) is 0.569. The Morgan fingerprint density at radius 2 is 1.80 bits per heavy atom. The molecule has 0 aliphatic heterocycles. The molecule has 0 amide bonds. The maximum Gasteiger partial charge on any atom is 0.385 e. The van der Waals surface area contributed by atoms with Crippen molar-refractivity contribution < 1.29 is 10.1 Å². The van der Waals surface area contributed by atoms with Crippen molar-refractivity contribution in [2.24, 2.45) is 0 Å². The second-order valence-corrected chi connectivity index (χ2v) is 3.09. The standard InChI is InChI=1S/C10H7N3O2/c11-12-9-3-1-8-6-10(13(14)15)4-2-7(8)5-9/h1-6H,(H,14,15)/q+2. The van der Waals surface area contributed by atoms with E-state index in [2.05, 4.69) is 4.98 Å². The van der Waals surface area contributed by atoms with E-state index in [1.807, 2.05) is 0 Å². The summed E-state index contributed by atoms with van der Waals surface area (Å²) in [5, 5.41) is 18.9. The van der Waals surface area contributed by atoms with E-state index in [9.17, 15) is 4.91 Å². The van der Waals surface area contributed by atoms with E-state index in [0.29, 0.717) is 5.69 Å². The molecule has 1 N–H and O–H groups in total. The molecule has 2 aromatic rings. The zero-order chi connectivity index (χ0) is 10.8. The highest BCUT2D eigenvalue weighted by molar-refractivity contribution is 5.87. The number of benzene rings is 2. The van der Waals surface area contributed by atoms with Gasteiger partial charge in [0.15, 0.2) is 4.98 Å². The average Bonchev–Trinajstić information content (AvgIpc) is 2.27. The van der Waals surface area contributed by atoms with Crippen LogP contribution in [0.2, 0.25) is 0 Å². The first-order valence-electron chi connectivity index (χ1n) is 4.26. The van der Waals surface area contributed by atoms with E-state index in [0.717, 1.165) is 10.8 Å². The Labute approximate surface area is 84.7 Å². The summed E-state index contributed by atoms with van der Waals surface area (Å²) in [6.45, 7) is 0. The average molecular weight is 201 g/mol. The van der Waals surface area contributed by atoms with Gasteiger partial charge >= 0.3 is 11.4 Å². The Kier molecular flexibility index (Phi) is 2.03. The van der Waals surface area contributed by atoms with E-state index in [4.69, 9.17) is 10.6 Å². The predicted octanol–water partition coefficient (Wildman–Crippen LogP) is 3.12.